The first-order valence-electron chi connectivity index (χ1n) is 6.03. The zero-order valence-corrected chi connectivity index (χ0v) is 12.9. The number of benzene rings is 2. The largest absolute Gasteiger partial charge is 0.516 e. The van der Waals surface area contributed by atoms with Crippen LogP contribution in [0.2, 0.25) is 0 Å². The Hall–Kier alpha value is -2.07. The number of anilines is 1. The Bertz CT molecular complexity index is 908. The summed E-state index contributed by atoms with van der Waals surface area (Å²) >= 11 is 0. The topological polar surface area (TPSA) is 80.3 Å². The van der Waals surface area contributed by atoms with E-state index in [0.717, 1.165) is 24.3 Å². The number of sulfonamides is 1. The van der Waals surface area contributed by atoms with Crippen molar-refractivity contribution in [3.63, 3.8) is 0 Å². The molecule has 0 aliphatic heterocycles. The molecule has 0 aromatic heterocycles. The van der Waals surface area contributed by atoms with Gasteiger partial charge in [0.1, 0.15) is 0 Å². The van der Waals surface area contributed by atoms with Crippen LogP contribution in [0.3, 0.4) is 0 Å². The highest BCUT2D eigenvalue weighted by Gasteiger charge is 2.46. The number of hydrogen-bond donors (Lipinski definition) is 1. The van der Waals surface area contributed by atoms with Crippen molar-refractivity contribution in [2.24, 2.45) is 0 Å². The molecular weight excluding hydrogens is 355 g/mol. The molecule has 0 radical (unpaired) electrons. The van der Waals surface area contributed by atoms with Crippen LogP contribution in [-0.4, -0.2) is 22.3 Å². The first-order valence-corrected chi connectivity index (χ1v) is 9.00. The number of hydrogen-bond acceptors (Lipinski definition) is 4. The predicted molar refractivity (Wildman–Crippen MR) is 76.9 cm³/mol. The van der Waals surface area contributed by atoms with Crippen molar-refractivity contribution in [3.05, 3.63) is 54.6 Å². The van der Waals surface area contributed by atoms with Gasteiger partial charge in [-0.15, -0.1) is 0 Å². The molecule has 0 saturated carbocycles. The summed E-state index contributed by atoms with van der Waals surface area (Å²) in [4.78, 5) is -0.387. The summed E-state index contributed by atoms with van der Waals surface area (Å²) in [5.41, 5.74) is -6.00. The van der Waals surface area contributed by atoms with Gasteiger partial charge in [0.25, 0.3) is 0 Å². The fraction of sp³-hybridized carbons (Fsp3) is 0.0769. The van der Waals surface area contributed by atoms with Crippen LogP contribution in [-0.2, 0) is 19.9 Å². The van der Waals surface area contributed by atoms with Crippen molar-refractivity contribution in [3.8, 4) is 0 Å². The molecule has 0 heterocycles. The Morgan fingerprint density at radius 1 is 0.783 bits per heavy atom. The molecule has 2 rings (SSSR count). The van der Waals surface area contributed by atoms with Gasteiger partial charge in [0, 0.05) is 0 Å². The quantitative estimate of drug-likeness (QED) is 0.903. The second-order valence-electron chi connectivity index (χ2n) is 4.40. The van der Waals surface area contributed by atoms with Crippen LogP contribution in [0.5, 0.6) is 0 Å². The highest BCUT2D eigenvalue weighted by atomic mass is 32.2. The van der Waals surface area contributed by atoms with E-state index in [1.54, 1.807) is 6.07 Å². The molecule has 5 nitrogen and oxygen atoms in total. The van der Waals surface area contributed by atoms with Gasteiger partial charge in [-0.25, -0.2) is 8.42 Å². The highest BCUT2D eigenvalue weighted by molar-refractivity contribution is 7.93. The Morgan fingerprint density at radius 3 is 1.91 bits per heavy atom. The second kappa shape index (κ2) is 5.85. The summed E-state index contributed by atoms with van der Waals surface area (Å²) in [5.74, 6) is 0. The molecule has 0 bridgehead atoms. The fourth-order valence-corrected chi connectivity index (χ4v) is 3.56. The molecule has 1 N–H and O–H groups in total. The third-order valence-corrected chi connectivity index (χ3v) is 5.64. The van der Waals surface area contributed by atoms with E-state index in [0.29, 0.717) is 0 Å². The van der Waals surface area contributed by atoms with Crippen LogP contribution in [0.1, 0.15) is 0 Å². The van der Waals surface area contributed by atoms with Crippen molar-refractivity contribution >= 4 is 25.5 Å². The Labute approximate surface area is 130 Å². The summed E-state index contributed by atoms with van der Waals surface area (Å²) in [5, 5.41) is 0. The van der Waals surface area contributed by atoms with E-state index < -0.39 is 31.1 Å². The standard InChI is InChI=1S/C13H10F3NO4S2/c14-13(15,16)23(20,21)17-10-5-4-8-12(9-10)22(18,19)11-6-2-1-3-7-11/h1-9,17H. The molecule has 0 unspecified atom stereocenters. The Balaban J connectivity index is 2.42. The second-order valence-corrected chi connectivity index (χ2v) is 8.02. The van der Waals surface area contributed by atoms with E-state index in [-0.39, 0.29) is 9.79 Å². The van der Waals surface area contributed by atoms with Gasteiger partial charge in [-0.2, -0.15) is 21.6 Å². The lowest BCUT2D eigenvalue weighted by molar-refractivity contribution is -0.0429. The summed E-state index contributed by atoms with van der Waals surface area (Å²) in [6, 6.07) is 11.4. The summed E-state index contributed by atoms with van der Waals surface area (Å²) in [6.45, 7) is 0. The molecule has 124 valence electrons. The van der Waals surface area contributed by atoms with Crippen LogP contribution < -0.4 is 4.72 Å². The number of alkyl halides is 3. The molecule has 2 aromatic carbocycles. The predicted octanol–water partition coefficient (Wildman–Crippen LogP) is 2.78. The highest BCUT2D eigenvalue weighted by Crippen LogP contribution is 2.27. The summed E-state index contributed by atoms with van der Waals surface area (Å²) in [6.07, 6.45) is 0. The summed E-state index contributed by atoms with van der Waals surface area (Å²) in [7, 11) is -9.59. The van der Waals surface area contributed by atoms with Gasteiger partial charge in [-0.1, -0.05) is 24.3 Å². The van der Waals surface area contributed by atoms with Gasteiger partial charge in [-0.3, -0.25) is 4.72 Å². The van der Waals surface area contributed by atoms with Crippen LogP contribution in [0.25, 0.3) is 0 Å². The minimum absolute atomic E-state index is 0.0594. The van der Waals surface area contributed by atoms with Crippen LogP contribution in [0.4, 0.5) is 18.9 Å². The van der Waals surface area contributed by atoms with Crippen molar-refractivity contribution < 1.29 is 30.0 Å². The Morgan fingerprint density at radius 2 is 1.35 bits per heavy atom. The molecular formula is C13H10F3NO4S2. The SMILES string of the molecule is O=S(=O)(c1ccccc1)c1cccc(NS(=O)(=O)C(F)(F)F)c1. The molecule has 0 saturated heterocycles. The smallest absolute Gasteiger partial charge is 0.276 e. The first kappa shape index (κ1) is 17.3. The third kappa shape index (κ3) is 3.64. The van der Waals surface area contributed by atoms with E-state index in [2.05, 4.69) is 0 Å². The molecule has 10 heteroatoms. The van der Waals surface area contributed by atoms with Crippen LogP contribution in [0.15, 0.2) is 64.4 Å². The lowest BCUT2D eigenvalue weighted by Gasteiger charge is -2.11. The van der Waals surface area contributed by atoms with Crippen molar-refractivity contribution in [2.75, 3.05) is 4.72 Å². The zero-order valence-electron chi connectivity index (χ0n) is 11.3. The molecule has 0 atom stereocenters. The monoisotopic (exact) mass is 365 g/mol. The number of rotatable bonds is 4. The molecule has 0 spiro atoms. The molecule has 0 amide bonds. The zero-order chi connectivity index (χ0) is 17.3. The lowest BCUT2D eigenvalue weighted by Crippen LogP contribution is -2.29. The fourth-order valence-electron chi connectivity index (χ4n) is 1.68. The van der Waals surface area contributed by atoms with Gasteiger partial charge >= 0.3 is 15.5 Å². The van der Waals surface area contributed by atoms with Gasteiger partial charge in [0.05, 0.1) is 15.5 Å². The average molecular weight is 365 g/mol. The minimum Gasteiger partial charge on any atom is -0.276 e. The maximum Gasteiger partial charge on any atom is 0.516 e. The summed E-state index contributed by atoms with van der Waals surface area (Å²) < 4.78 is 85.2. The number of halogens is 3. The van der Waals surface area contributed by atoms with Crippen molar-refractivity contribution in [1.29, 1.82) is 0 Å². The van der Waals surface area contributed by atoms with Crippen molar-refractivity contribution in [1.82, 2.24) is 0 Å². The van der Waals surface area contributed by atoms with Crippen LogP contribution in [0, 0.1) is 0 Å². The lowest BCUT2D eigenvalue weighted by atomic mass is 10.3. The van der Waals surface area contributed by atoms with E-state index >= 15 is 0 Å². The molecule has 0 aliphatic carbocycles. The van der Waals surface area contributed by atoms with Gasteiger partial charge < -0.3 is 0 Å². The maximum absolute atomic E-state index is 12.3. The van der Waals surface area contributed by atoms with E-state index in [9.17, 15) is 30.0 Å². The average Bonchev–Trinajstić information content (AvgIpc) is 2.47. The third-order valence-electron chi connectivity index (χ3n) is 2.75. The van der Waals surface area contributed by atoms with E-state index in [1.165, 1.54) is 29.0 Å². The van der Waals surface area contributed by atoms with Gasteiger partial charge in [0.15, 0.2) is 0 Å². The molecule has 23 heavy (non-hydrogen) atoms. The molecule has 2 aromatic rings. The van der Waals surface area contributed by atoms with Crippen LogP contribution >= 0.6 is 0 Å². The Kier molecular flexibility index (Phi) is 4.40. The minimum atomic E-state index is -5.62. The number of nitrogens with one attached hydrogen (secondary N) is 1. The van der Waals surface area contributed by atoms with Gasteiger partial charge in [-0.05, 0) is 30.3 Å². The maximum atomic E-state index is 12.3. The molecule has 0 aliphatic rings. The number of sulfone groups is 1. The van der Waals surface area contributed by atoms with E-state index in [4.69, 9.17) is 0 Å². The normalized spacial score (nSPS) is 12.8. The van der Waals surface area contributed by atoms with Gasteiger partial charge in [0.2, 0.25) is 9.84 Å². The van der Waals surface area contributed by atoms with E-state index in [1.807, 2.05) is 0 Å². The van der Waals surface area contributed by atoms with Crippen molar-refractivity contribution in [2.45, 2.75) is 15.3 Å². The molecule has 0 fully saturated rings. The first-order chi connectivity index (χ1) is 10.5.